The topological polar surface area (TPSA) is 113 Å². The Morgan fingerprint density at radius 3 is 2.93 bits per heavy atom. The number of benzene rings is 1. The number of amides is 2. The number of nitrogens with two attached hydrogens (primary N) is 1. The molecule has 0 spiro atoms. The van der Waals surface area contributed by atoms with Crippen molar-refractivity contribution in [3.8, 4) is 11.1 Å². The second kappa shape index (κ2) is 9.48. The molecule has 1 saturated heterocycles. The van der Waals surface area contributed by atoms with Gasteiger partial charge in [0.25, 0.3) is 5.91 Å². The van der Waals surface area contributed by atoms with Crippen molar-refractivity contribution in [3.63, 3.8) is 0 Å². The zero-order valence-corrected chi connectivity index (χ0v) is 15.9. The molecule has 4 N–H and O–H groups in total. The van der Waals surface area contributed by atoms with Crippen LogP contribution in [0.15, 0.2) is 36.7 Å². The molecule has 1 aliphatic rings. The molecule has 1 aromatic carbocycles. The second-order valence-electron chi connectivity index (χ2n) is 7.10. The van der Waals surface area contributed by atoms with Crippen LogP contribution in [0.25, 0.3) is 11.1 Å². The van der Waals surface area contributed by atoms with Crippen molar-refractivity contribution >= 4 is 11.8 Å². The van der Waals surface area contributed by atoms with E-state index in [9.17, 15) is 14.7 Å². The number of nitrogens with zero attached hydrogens (tertiary/aromatic N) is 3. The predicted octanol–water partition coefficient (Wildman–Crippen LogP) is 0.612. The molecule has 1 aliphatic heterocycles. The fraction of sp³-hybridized carbons (Fsp3) is 0.450. The van der Waals surface area contributed by atoms with Crippen LogP contribution in [0, 0.1) is 0 Å². The van der Waals surface area contributed by atoms with E-state index in [0.29, 0.717) is 12.1 Å². The number of piperidine rings is 1. The number of likely N-dealkylation sites (tertiary alicyclic amines) is 1. The highest BCUT2D eigenvalue weighted by Gasteiger charge is 2.21. The van der Waals surface area contributed by atoms with Crippen LogP contribution in [0.4, 0.5) is 0 Å². The summed E-state index contributed by atoms with van der Waals surface area (Å²) in [6.07, 6.45) is 6.67. The SMILES string of the molecule is NC(=O)Cn1cc(-c2cccc(C(=O)NCCN3CCCCC3CO)c2)cn1. The minimum atomic E-state index is -0.458. The summed E-state index contributed by atoms with van der Waals surface area (Å²) in [5, 5.41) is 16.5. The minimum Gasteiger partial charge on any atom is -0.395 e. The predicted molar refractivity (Wildman–Crippen MR) is 105 cm³/mol. The summed E-state index contributed by atoms with van der Waals surface area (Å²) < 4.78 is 1.47. The summed E-state index contributed by atoms with van der Waals surface area (Å²) >= 11 is 0. The van der Waals surface area contributed by atoms with E-state index in [4.69, 9.17) is 5.73 Å². The molecule has 1 aromatic heterocycles. The van der Waals surface area contributed by atoms with Gasteiger partial charge in [-0.25, -0.2) is 0 Å². The molecule has 1 unspecified atom stereocenters. The van der Waals surface area contributed by atoms with Gasteiger partial charge in [0.1, 0.15) is 6.54 Å². The van der Waals surface area contributed by atoms with Gasteiger partial charge in [-0.15, -0.1) is 0 Å². The molecule has 150 valence electrons. The average molecular weight is 385 g/mol. The average Bonchev–Trinajstić information content (AvgIpc) is 3.16. The largest absolute Gasteiger partial charge is 0.395 e. The van der Waals surface area contributed by atoms with Gasteiger partial charge in [-0.2, -0.15) is 5.10 Å². The van der Waals surface area contributed by atoms with Crippen LogP contribution >= 0.6 is 0 Å². The lowest BCUT2D eigenvalue weighted by atomic mass is 10.0. The maximum atomic E-state index is 12.5. The Morgan fingerprint density at radius 2 is 2.14 bits per heavy atom. The molecule has 8 heteroatoms. The summed E-state index contributed by atoms with van der Waals surface area (Å²) in [6, 6.07) is 7.48. The van der Waals surface area contributed by atoms with Gasteiger partial charge in [0.2, 0.25) is 5.91 Å². The van der Waals surface area contributed by atoms with E-state index in [2.05, 4.69) is 15.3 Å². The van der Waals surface area contributed by atoms with Crippen molar-refractivity contribution in [2.75, 3.05) is 26.2 Å². The molecule has 2 amide bonds. The molecule has 2 aromatic rings. The van der Waals surface area contributed by atoms with Crippen molar-refractivity contribution in [3.05, 3.63) is 42.2 Å². The van der Waals surface area contributed by atoms with Crippen LogP contribution in [0.2, 0.25) is 0 Å². The number of rotatable bonds is 8. The number of hydrogen-bond donors (Lipinski definition) is 3. The first-order valence-corrected chi connectivity index (χ1v) is 9.61. The van der Waals surface area contributed by atoms with Crippen LogP contribution in [0.5, 0.6) is 0 Å². The normalized spacial score (nSPS) is 17.4. The van der Waals surface area contributed by atoms with E-state index in [1.807, 2.05) is 12.1 Å². The van der Waals surface area contributed by atoms with E-state index >= 15 is 0 Å². The molecule has 0 bridgehead atoms. The summed E-state index contributed by atoms with van der Waals surface area (Å²) in [6.45, 7) is 2.42. The third-order valence-electron chi connectivity index (χ3n) is 5.05. The van der Waals surface area contributed by atoms with E-state index in [1.165, 1.54) is 4.68 Å². The number of carbonyl (C=O) groups excluding carboxylic acids is 2. The number of hydrogen-bond acceptors (Lipinski definition) is 5. The molecule has 0 aliphatic carbocycles. The molecular formula is C20H27N5O3. The summed E-state index contributed by atoms with van der Waals surface area (Å²) in [7, 11) is 0. The van der Waals surface area contributed by atoms with E-state index in [0.717, 1.165) is 43.5 Å². The first-order valence-electron chi connectivity index (χ1n) is 9.61. The smallest absolute Gasteiger partial charge is 0.251 e. The Bertz CT molecular complexity index is 820. The van der Waals surface area contributed by atoms with E-state index < -0.39 is 5.91 Å². The number of aliphatic hydroxyl groups is 1. The maximum Gasteiger partial charge on any atom is 0.251 e. The molecule has 3 rings (SSSR count). The molecule has 0 saturated carbocycles. The van der Waals surface area contributed by atoms with Crippen molar-refractivity contribution in [1.82, 2.24) is 20.0 Å². The van der Waals surface area contributed by atoms with Gasteiger partial charge >= 0.3 is 0 Å². The van der Waals surface area contributed by atoms with Crippen molar-refractivity contribution in [1.29, 1.82) is 0 Å². The lowest BCUT2D eigenvalue weighted by molar-refractivity contribution is -0.118. The first-order chi connectivity index (χ1) is 13.6. The fourth-order valence-corrected chi connectivity index (χ4v) is 3.58. The highest BCUT2D eigenvalue weighted by Crippen LogP contribution is 2.20. The number of primary amides is 1. The van der Waals surface area contributed by atoms with Crippen LogP contribution in [0.1, 0.15) is 29.6 Å². The number of aromatic nitrogens is 2. The Hall–Kier alpha value is -2.71. The summed E-state index contributed by atoms with van der Waals surface area (Å²) in [4.78, 5) is 25.8. The minimum absolute atomic E-state index is 0.0194. The molecule has 1 atom stereocenters. The van der Waals surface area contributed by atoms with Crippen molar-refractivity contribution in [2.45, 2.75) is 31.8 Å². The first kappa shape index (κ1) is 20.0. The van der Waals surface area contributed by atoms with Crippen molar-refractivity contribution < 1.29 is 14.7 Å². The highest BCUT2D eigenvalue weighted by molar-refractivity contribution is 5.95. The molecule has 0 radical (unpaired) electrons. The quantitative estimate of drug-likeness (QED) is 0.616. The second-order valence-corrected chi connectivity index (χ2v) is 7.10. The van der Waals surface area contributed by atoms with Crippen LogP contribution < -0.4 is 11.1 Å². The molecular weight excluding hydrogens is 358 g/mol. The zero-order valence-electron chi connectivity index (χ0n) is 15.9. The molecule has 2 heterocycles. The summed E-state index contributed by atoms with van der Waals surface area (Å²) in [5.74, 6) is -0.594. The maximum absolute atomic E-state index is 12.5. The van der Waals surface area contributed by atoms with E-state index in [-0.39, 0.29) is 25.1 Å². The Kier molecular flexibility index (Phi) is 6.78. The monoisotopic (exact) mass is 385 g/mol. The molecule has 8 nitrogen and oxygen atoms in total. The lowest BCUT2D eigenvalue weighted by Crippen LogP contribution is -2.45. The highest BCUT2D eigenvalue weighted by atomic mass is 16.3. The van der Waals surface area contributed by atoms with Gasteiger partial charge in [0, 0.05) is 36.5 Å². The Morgan fingerprint density at radius 1 is 1.29 bits per heavy atom. The zero-order chi connectivity index (χ0) is 19.9. The number of aliphatic hydroxyl groups excluding tert-OH is 1. The van der Waals surface area contributed by atoms with Crippen LogP contribution in [-0.2, 0) is 11.3 Å². The van der Waals surface area contributed by atoms with Crippen molar-refractivity contribution in [2.24, 2.45) is 5.73 Å². The summed E-state index contributed by atoms with van der Waals surface area (Å²) in [5.41, 5.74) is 7.41. The van der Waals surface area contributed by atoms with Crippen LogP contribution in [-0.4, -0.2) is 63.9 Å². The van der Waals surface area contributed by atoms with Gasteiger partial charge < -0.3 is 16.2 Å². The number of nitrogens with one attached hydrogen (secondary N) is 1. The molecule has 28 heavy (non-hydrogen) atoms. The lowest BCUT2D eigenvalue weighted by Gasteiger charge is -2.34. The van der Waals surface area contributed by atoms with Gasteiger partial charge in [-0.3, -0.25) is 19.2 Å². The van der Waals surface area contributed by atoms with Gasteiger partial charge in [-0.1, -0.05) is 18.6 Å². The van der Waals surface area contributed by atoms with Crippen LogP contribution in [0.3, 0.4) is 0 Å². The fourth-order valence-electron chi connectivity index (χ4n) is 3.58. The van der Waals surface area contributed by atoms with Gasteiger partial charge in [0.05, 0.1) is 12.8 Å². The third kappa shape index (κ3) is 5.17. The van der Waals surface area contributed by atoms with Gasteiger partial charge in [0.15, 0.2) is 0 Å². The Labute approximate surface area is 164 Å². The standard InChI is InChI=1S/C20H27N5O3/c21-19(27)13-25-12-17(11-23-25)15-4-3-5-16(10-15)20(28)22-7-9-24-8-2-1-6-18(24)14-26/h3-5,10-12,18,26H,1-2,6-9,13-14H2,(H2,21,27)(H,22,28). The number of carbonyl (C=O) groups is 2. The van der Waals surface area contributed by atoms with Gasteiger partial charge in [-0.05, 0) is 37.1 Å². The molecule has 1 fully saturated rings. The van der Waals surface area contributed by atoms with E-state index in [1.54, 1.807) is 24.5 Å². The Balaban J connectivity index is 1.58. The third-order valence-corrected chi connectivity index (χ3v) is 5.05.